The highest BCUT2D eigenvalue weighted by molar-refractivity contribution is 5.69. The maximum atomic E-state index is 11.5. The molecular formula is C22H30O8. The second kappa shape index (κ2) is 9.72. The summed E-state index contributed by atoms with van der Waals surface area (Å²) in [6.45, 7) is 0.923. The fraction of sp³-hybridized carbons (Fsp3) is 0.682. The van der Waals surface area contributed by atoms with E-state index in [9.17, 15) is 15.0 Å². The number of carbonyl (C=O) groups is 1. The van der Waals surface area contributed by atoms with Gasteiger partial charge >= 0.3 is 5.97 Å². The van der Waals surface area contributed by atoms with Gasteiger partial charge in [-0.1, -0.05) is 30.3 Å². The van der Waals surface area contributed by atoms with Gasteiger partial charge in [-0.25, -0.2) is 0 Å². The average Bonchev–Trinajstić information content (AvgIpc) is 3.08. The summed E-state index contributed by atoms with van der Waals surface area (Å²) in [5, 5.41) is 21.5. The zero-order chi connectivity index (χ0) is 21.1. The van der Waals surface area contributed by atoms with Crippen LogP contribution in [-0.4, -0.2) is 78.7 Å². The lowest BCUT2D eigenvalue weighted by molar-refractivity contribution is -0.259. The molecule has 8 atom stereocenters. The minimum atomic E-state index is -0.931. The van der Waals surface area contributed by atoms with Crippen LogP contribution in [0.4, 0.5) is 0 Å². The lowest BCUT2D eigenvalue weighted by Crippen LogP contribution is -2.61. The summed E-state index contributed by atoms with van der Waals surface area (Å²) >= 11 is 0. The number of fused-ring (bicyclic) bond motifs is 2. The number of ether oxygens (including phenoxy) is 5. The zero-order valence-corrected chi connectivity index (χ0v) is 17.1. The van der Waals surface area contributed by atoms with Crippen LogP contribution in [-0.2, 0) is 35.1 Å². The summed E-state index contributed by atoms with van der Waals surface area (Å²) < 4.78 is 28.4. The Morgan fingerprint density at radius 2 is 1.80 bits per heavy atom. The van der Waals surface area contributed by atoms with Crippen molar-refractivity contribution in [3.8, 4) is 0 Å². The largest absolute Gasteiger partial charge is 0.469 e. The third-order valence-electron chi connectivity index (χ3n) is 6.15. The standard InChI is InChI=1S/C22H30O8/c1-26-17(23)11-14-7-8-16-20(28-14)19(25)22-21(30-16)18(24)15(29-22)9-10-27-12-13-5-3-2-4-6-13/h2-6,14-16,18-22,24-25H,7-12H2,1H3/t14?,15-,16+,18-,19+,20+,21+,22+/m1/s1. The molecule has 0 radical (unpaired) electrons. The predicted molar refractivity (Wildman–Crippen MR) is 105 cm³/mol. The number of aliphatic hydroxyl groups is 2. The van der Waals surface area contributed by atoms with E-state index in [1.54, 1.807) is 0 Å². The quantitative estimate of drug-likeness (QED) is 0.495. The summed E-state index contributed by atoms with van der Waals surface area (Å²) in [7, 11) is 1.34. The van der Waals surface area contributed by atoms with Crippen LogP contribution in [0.5, 0.6) is 0 Å². The van der Waals surface area contributed by atoms with Crippen molar-refractivity contribution in [3.63, 3.8) is 0 Å². The van der Waals surface area contributed by atoms with E-state index in [1.165, 1.54) is 7.11 Å². The molecule has 2 N–H and O–H groups in total. The summed E-state index contributed by atoms with van der Waals surface area (Å²) in [5.41, 5.74) is 1.08. The van der Waals surface area contributed by atoms with Crippen molar-refractivity contribution >= 4 is 5.97 Å². The molecule has 8 heteroatoms. The molecule has 1 aromatic rings. The number of hydrogen-bond acceptors (Lipinski definition) is 8. The van der Waals surface area contributed by atoms with Gasteiger partial charge in [0.05, 0.1) is 38.4 Å². The van der Waals surface area contributed by atoms with Crippen LogP contribution in [0.15, 0.2) is 30.3 Å². The van der Waals surface area contributed by atoms with Gasteiger partial charge in [0.2, 0.25) is 0 Å². The molecule has 4 rings (SSSR count). The first-order chi connectivity index (χ1) is 14.6. The van der Waals surface area contributed by atoms with Gasteiger partial charge in [-0.3, -0.25) is 4.79 Å². The highest BCUT2D eigenvalue weighted by atomic mass is 16.6. The van der Waals surface area contributed by atoms with Crippen molar-refractivity contribution in [3.05, 3.63) is 35.9 Å². The van der Waals surface area contributed by atoms with Crippen molar-refractivity contribution in [1.82, 2.24) is 0 Å². The molecule has 3 aliphatic rings. The molecule has 0 aliphatic carbocycles. The maximum Gasteiger partial charge on any atom is 0.308 e. The first kappa shape index (κ1) is 21.7. The number of rotatable bonds is 7. The maximum absolute atomic E-state index is 11.5. The van der Waals surface area contributed by atoms with Gasteiger partial charge < -0.3 is 33.9 Å². The Labute approximate surface area is 176 Å². The lowest BCUT2D eigenvalue weighted by atomic mass is 9.88. The molecule has 3 fully saturated rings. The van der Waals surface area contributed by atoms with Crippen molar-refractivity contribution in [2.75, 3.05) is 13.7 Å². The summed E-state index contributed by atoms with van der Waals surface area (Å²) in [6, 6.07) is 9.87. The van der Waals surface area contributed by atoms with E-state index in [0.717, 1.165) is 5.56 Å². The fourth-order valence-corrected chi connectivity index (χ4v) is 4.55. The van der Waals surface area contributed by atoms with Crippen molar-refractivity contribution in [2.45, 2.75) is 81.1 Å². The Balaban J connectivity index is 1.29. The van der Waals surface area contributed by atoms with Crippen LogP contribution in [0.2, 0.25) is 0 Å². The molecule has 1 unspecified atom stereocenters. The average molecular weight is 422 g/mol. The Bertz CT molecular complexity index is 698. The molecule has 8 nitrogen and oxygen atoms in total. The Hall–Kier alpha value is -1.55. The Kier molecular flexibility index (Phi) is 7.02. The summed E-state index contributed by atoms with van der Waals surface area (Å²) in [4.78, 5) is 11.5. The van der Waals surface area contributed by atoms with E-state index in [4.69, 9.17) is 23.7 Å². The van der Waals surface area contributed by atoms with Crippen LogP contribution in [0.3, 0.4) is 0 Å². The molecule has 0 aromatic heterocycles. The topological polar surface area (TPSA) is 104 Å². The second-order valence-electron chi connectivity index (χ2n) is 8.17. The van der Waals surface area contributed by atoms with E-state index in [0.29, 0.717) is 32.5 Å². The predicted octanol–water partition coefficient (Wildman–Crippen LogP) is 0.961. The van der Waals surface area contributed by atoms with Gasteiger partial charge in [0, 0.05) is 6.61 Å². The third kappa shape index (κ3) is 4.69. The molecule has 166 valence electrons. The molecule has 1 aromatic carbocycles. The molecule has 3 heterocycles. The van der Waals surface area contributed by atoms with Crippen molar-refractivity contribution in [2.24, 2.45) is 0 Å². The van der Waals surface area contributed by atoms with E-state index in [2.05, 4.69) is 0 Å². The second-order valence-corrected chi connectivity index (χ2v) is 8.17. The summed E-state index contributed by atoms with van der Waals surface area (Å²) in [5.74, 6) is -0.342. The highest BCUT2D eigenvalue weighted by Gasteiger charge is 2.56. The van der Waals surface area contributed by atoms with E-state index in [1.807, 2.05) is 30.3 Å². The molecule has 0 amide bonds. The van der Waals surface area contributed by atoms with E-state index >= 15 is 0 Å². The smallest absolute Gasteiger partial charge is 0.308 e. The first-order valence-corrected chi connectivity index (χ1v) is 10.6. The van der Waals surface area contributed by atoms with E-state index < -0.39 is 36.6 Å². The SMILES string of the molecule is COC(=O)CC1CC[C@@H]2O[C@H]3[C@H](O)[C@@H](CCOCc4ccccc4)O[C@H]3[C@@H](O)[C@H]2O1. The molecule has 0 spiro atoms. The summed E-state index contributed by atoms with van der Waals surface area (Å²) in [6.07, 6.45) is -2.83. The molecule has 0 bridgehead atoms. The monoisotopic (exact) mass is 422 g/mol. The molecule has 3 aliphatic heterocycles. The number of hydrogen-bond donors (Lipinski definition) is 2. The van der Waals surface area contributed by atoms with Crippen LogP contribution in [0.25, 0.3) is 0 Å². The van der Waals surface area contributed by atoms with Gasteiger partial charge in [-0.15, -0.1) is 0 Å². The number of benzene rings is 1. The van der Waals surface area contributed by atoms with Crippen LogP contribution in [0.1, 0.15) is 31.2 Å². The lowest BCUT2D eigenvalue weighted by Gasteiger charge is -2.46. The van der Waals surface area contributed by atoms with Gasteiger partial charge in [-0.05, 0) is 24.8 Å². The number of aliphatic hydroxyl groups excluding tert-OH is 2. The van der Waals surface area contributed by atoms with Gasteiger partial charge in [0.15, 0.2) is 0 Å². The minimum absolute atomic E-state index is 0.144. The van der Waals surface area contributed by atoms with Crippen LogP contribution >= 0.6 is 0 Å². The third-order valence-corrected chi connectivity index (χ3v) is 6.15. The van der Waals surface area contributed by atoms with Gasteiger partial charge in [-0.2, -0.15) is 0 Å². The number of carbonyl (C=O) groups excluding carboxylic acids is 1. The highest BCUT2D eigenvalue weighted by Crippen LogP contribution is 2.39. The van der Waals surface area contributed by atoms with Gasteiger partial charge in [0.25, 0.3) is 0 Å². The first-order valence-electron chi connectivity index (χ1n) is 10.6. The number of esters is 1. The molecular weight excluding hydrogens is 392 g/mol. The minimum Gasteiger partial charge on any atom is -0.469 e. The Morgan fingerprint density at radius 1 is 1.03 bits per heavy atom. The van der Waals surface area contributed by atoms with E-state index in [-0.39, 0.29) is 24.6 Å². The molecule has 30 heavy (non-hydrogen) atoms. The molecule has 3 saturated heterocycles. The fourth-order valence-electron chi connectivity index (χ4n) is 4.55. The number of methoxy groups -OCH3 is 1. The normalized spacial score (nSPS) is 38.0. The molecule has 0 saturated carbocycles. The van der Waals surface area contributed by atoms with Gasteiger partial charge in [0.1, 0.15) is 30.5 Å². The zero-order valence-electron chi connectivity index (χ0n) is 17.1. The van der Waals surface area contributed by atoms with Crippen molar-refractivity contribution in [1.29, 1.82) is 0 Å². The van der Waals surface area contributed by atoms with Crippen LogP contribution < -0.4 is 0 Å². The Morgan fingerprint density at radius 3 is 2.57 bits per heavy atom. The van der Waals surface area contributed by atoms with Crippen molar-refractivity contribution < 1.29 is 38.7 Å². The van der Waals surface area contributed by atoms with Crippen LogP contribution in [0, 0.1) is 0 Å².